The van der Waals surface area contributed by atoms with Crippen molar-refractivity contribution in [3.05, 3.63) is 0 Å². The maximum atomic E-state index is 13.1. The standard InChI is InChI=1S/C27H48N2O6S/c1-3-19(17-27(30)29-24-11-8-20-6-4-5-7-23(20)24)16-21(33-2)18-28-36(31,32)22-9-12-25-26(13-10-22)35-15-14-34-25/h19-26,28H,3-18H2,1-2H3,(H,29,30). The number of carbonyl (C=O) groups excluding carboxylic acids is 1. The molecule has 0 aromatic heterocycles. The van der Waals surface area contributed by atoms with Crippen LogP contribution in [0, 0.1) is 17.8 Å². The number of nitrogens with one attached hydrogen (secondary N) is 2. The average molecular weight is 529 g/mol. The summed E-state index contributed by atoms with van der Waals surface area (Å²) in [4.78, 5) is 12.9. The number of methoxy groups -OCH3 is 1. The van der Waals surface area contributed by atoms with Crippen LogP contribution in [0.3, 0.4) is 0 Å². The third-order valence-electron chi connectivity index (χ3n) is 9.32. The molecule has 0 aromatic rings. The predicted octanol–water partition coefficient (Wildman–Crippen LogP) is 3.54. The van der Waals surface area contributed by atoms with Gasteiger partial charge in [0.15, 0.2) is 0 Å². The van der Waals surface area contributed by atoms with Gasteiger partial charge in [0, 0.05) is 26.1 Å². The van der Waals surface area contributed by atoms with Crippen LogP contribution in [0.15, 0.2) is 0 Å². The molecule has 0 aromatic carbocycles. The van der Waals surface area contributed by atoms with Crippen molar-refractivity contribution in [3.63, 3.8) is 0 Å². The number of ether oxygens (including phenoxy) is 3. The number of sulfonamides is 1. The van der Waals surface area contributed by atoms with Gasteiger partial charge < -0.3 is 19.5 Å². The number of amides is 1. The van der Waals surface area contributed by atoms with E-state index in [9.17, 15) is 13.2 Å². The molecule has 4 rings (SSSR count). The van der Waals surface area contributed by atoms with Gasteiger partial charge in [-0.2, -0.15) is 0 Å². The number of fused-ring (bicyclic) bond motifs is 2. The van der Waals surface area contributed by atoms with E-state index in [1.165, 1.54) is 32.1 Å². The fourth-order valence-corrected chi connectivity index (χ4v) is 8.65. The molecule has 0 radical (unpaired) electrons. The van der Waals surface area contributed by atoms with Gasteiger partial charge in [-0.3, -0.25) is 4.79 Å². The highest BCUT2D eigenvalue weighted by molar-refractivity contribution is 7.90. The monoisotopic (exact) mass is 528 g/mol. The summed E-state index contributed by atoms with van der Waals surface area (Å²) in [5.41, 5.74) is 0. The summed E-state index contributed by atoms with van der Waals surface area (Å²) in [6.07, 6.45) is 11.9. The van der Waals surface area contributed by atoms with Gasteiger partial charge in [-0.25, -0.2) is 13.1 Å². The molecule has 1 aliphatic heterocycles. The highest BCUT2D eigenvalue weighted by atomic mass is 32.2. The summed E-state index contributed by atoms with van der Waals surface area (Å²) in [6, 6.07) is 0.338. The third-order valence-corrected chi connectivity index (χ3v) is 11.2. The van der Waals surface area contributed by atoms with E-state index in [-0.39, 0.29) is 36.7 Å². The first-order valence-electron chi connectivity index (χ1n) is 14.4. The topological polar surface area (TPSA) is 103 Å². The van der Waals surface area contributed by atoms with Crippen molar-refractivity contribution in [1.29, 1.82) is 0 Å². The highest BCUT2D eigenvalue weighted by Crippen LogP contribution is 2.42. The van der Waals surface area contributed by atoms with Gasteiger partial charge in [0.2, 0.25) is 15.9 Å². The molecule has 36 heavy (non-hydrogen) atoms. The number of carbonyl (C=O) groups is 1. The Kier molecular flexibility index (Phi) is 10.5. The second-order valence-corrected chi connectivity index (χ2v) is 13.6. The lowest BCUT2D eigenvalue weighted by molar-refractivity contribution is -0.141. The minimum atomic E-state index is -3.47. The van der Waals surface area contributed by atoms with Crippen molar-refractivity contribution in [1.82, 2.24) is 10.0 Å². The Morgan fingerprint density at radius 2 is 1.67 bits per heavy atom. The molecule has 208 valence electrons. The third kappa shape index (κ3) is 7.43. The predicted molar refractivity (Wildman–Crippen MR) is 139 cm³/mol. The van der Waals surface area contributed by atoms with Crippen LogP contribution in [0.5, 0.6) is 0 Å². The Balaban J connectivity index is 1.22. The SMILES string of the molecule is CCC(CC(=O)NC1CCC2CCCCC21)CC(CNS(=O)(=O)C1CCC2OCCOC2CC1)OC. The molecule has 8 nitrogen and oxygen atoms in total. The number of hydrogen-bond donors (Lipinski definition) is 2. The van der Waals surface area contributed by atoms with E-state index in [0.29, 0.717) is 63.7 Å². The summed E-state index contributed by atoms with van der Waals surface area (Å²) < 4.78 is 46.3. The van der Waals surface area contributed by atoms with E-state index >= 15 is 0 Å². The summed E-state index contributed by atoms with van der Waals surface area (Å²) in [5.74, 6) is 1.76. The summed E-state index contributed by atoms with van der Waals surface area (Å²) in [7, 11) is -1.84. The van der Waals surface area contributed by atoms with Gasteiger partial charge in [-0.1, -0.05) is 32.6 Å². The van der Waals surface area contributed by atoms with Gasteiger partial charge in [0.1, 0.15) is 0 Å². The Labute approximate surface area is 218 Å². The van der Waals surface area contributed by atoms with E-state index in [0.717, 1.165) is 18.8 Å². The van der Waals surface area contributed by atoms with Gasteiger partial charge >= 0.3 is 0 Å². The Morgan fingerprint density at radius 3 is 2.33 bits per heavy atom. The molecule has 4 aliphatic rings. The molecular formula is C27H48N2O6S. The Morgan fingerprint density at radius 1 is 0.972 bits per heavy atom. The molecule has 3 saturated carbocycles. The quantitative estimate of drug-likeness (QED) is 0.425. The molecule has 7 atom stereocenters. The van der Waals surface area contributed by atoms with Gasteiger partial charge in [0.25, 0.3) is 0 Å². The first kappa shape index (κ1) is 28.3. The van der Waals surface area contributed by atoms with E-state index in [1.807, 2.05) is 0 Å². The van der Waals surface area contributed by atoms with E-state index in [4.69, 9.17) is 14.2 Å². The van der Waals surface area contributed by atoms with Crippen LogP contribution in [0.25, 0.3) is 0 Å². The lowest BCUT2D eigenvalue weighted by Gasteiger charge is -2.30. The first-order valence-corrected chi connectivity index (χ1v) is 16.0. The average Bonchev–Trinajstić information content (AvgIpc) is 3.14. The van der Waals surface area contributed by atoms with Gasteiger partial charge in [0.05, 0.1) is 36.8 Å². The molecule has 0 spiro atoms. The van der Waals surface area contributed by atoms with Crippen molar-refractivity contribution in [2.75, 3.05) is 26.9 Å². The zero-order valence-electron chi connectivity index (χ0n) is 22.3. The van der Waals surface area contributed by atoms with E-state index in [1.54, 1.807) is 7.11 Å². The molecule has 0 bridgehead atoms. The van der Waals surface area contributed by atoms with Crippen LogP contribution in [-0.2, 0) is 29.0 Å². The van der Waals surface area contributed by atoms with Crippen molar-refractivity contribution in [2.24, 2.45) is 17.8 Å². The van der Waals surface area contributed by atoms with Crippen LogP contribution in [-0.4, -0.2) is 70.8 Å². The van der Waals surface area contributed by atoms with Crippen LogP contribution in [0.4, 0.5) is 0 Å². The molecule has 9 heteroatoms. The Hall–Kier alpha value is -0.740. The second kappa shape index (κ2) is 13.4. The molecule has 1 amide bonds. The van der Waals surface area contributed by atoms with Crippen LogP contribution in [0.1, 0.15) is 90.4 Å². The lowest BCUT2D eigenvalue weighted by Crippen LogP contribution is -2.41. The van der Waals surface area contributed by atoms with Crippen LogP contribution in [0.2, 0.25) is 0 Å². The molecule has 2 N–H and O–H groups in total. The molecule has 1 saturated heterocycles. The minimum absolute atomic E-state index is 0.00960. The fourth-order valence-electron chi connectivity index (χ4n) is 7.10. The molecule has 7 unspecified atom stereocenters. The summed E-state index contributed by atoms with van der Waals surface area (Å²) >= 11 is 0. The fraction of sp³-hybridized carbons (Fsp3) is 0.963. The van der Waals surface area contributed by atoms with Crippen LogP contribution < -0.4 is 10.0 Å². The minimum Gasteiger partial charge on any atom is -0.380 e. The van der Waals surface area contributed by atoms with Crippen molar-refractivity contribution >= 4 is 15.9 Å². The van der Waals surface area contributed by atoms with Gasteiger partial charge in [-0.05, 0) is 69.1 Å². The second-order valence-electron chi connectivity index (χ2n) is 11.5. The molecule has 4 fully saturated rings. The number of hydrogen-bond acceptors (Lipinski definition) is 6. The molecular weight excluding hydrogens is 480 g/mol. The van der Waals surface area contributed by atoms with Crippen molar-refractivity contribution < 1.29 is 27.4 Å². The zero-order chi connectivity index (χ0) is 25.5. The first-order chi connectivity index (χ1) is 17.4. The maximum Gasteiger partial charge on any atom is 0.220 e. The largest absolute Gasteiger partial charge is 0.380 e. The van der Waals surface area contributed by atoms with Gasteiger partial charge in [-0.15, -0.1) is 0 Å². The highest BCUT2D eigenvalue weighted by Gasteiger charge is 2.38. The normalized spacial score (nSPS) is 34.7. The lowest BCUT2D eigenvalue weighted by atomic mass is 9.80. The molecule has 3 aliphatic carbocycles. The maximum absolute atomic E-state index is 13.1. The summed E-state index contributed by atoms with van der Waals surface area (Å²) in [5, 5.41) is 2.91. The smallest absolute Gasteiger partial charge is 0.220 e. The molecule has 1 heterocycles. The number of rotatable bonds is 11. The Bertz CT molecular complexity index is 792. The zero-order valence-corrected chi connectivity index (χ0v) is 23.1. The van der Waals surface area contributed by atoms with E-state index < -0.39 is 15.3 Å². The van der Waals surface area contributed by atoms with E-state index in [2.05, 4.69) is 17.0 Å². The summed E-state index contributed by atoms with van der Waals surface area (Å²) in [6.45, 7) is 3.51. The van der Waals surface area contributed by atoms with Crippen molar-refractivity contribution in [3.8, 4) is 0 Å². The van der Waals surface area contributed by atoms with Crippen molar-refractivity contribution in [2.45, 2.75) is 120 Å². The van der Waals surface area contributed by atoms with Crippen LogP contribution >= 0.6 is 0 Å².